The number of thiocarbonyl (C=S) groups is 1. The summed E-state index contributed by atoms with van der Waals surface area (Å²) >= 11 is 9.60. The van der Waals surface area contributed by atoms with Gasteiger partial charge in [0.2, 0.25) is 0 Å². The first-order valence-electron chi connectivity index (χ1n) is 9.12. The van der Waals surface area contributed by atoms with Crippen molar-refractivity contribution in [3.8, 4) is 11.5 Å². The number of nitrogens with one attached hydrogen (secondary N) is 1. The number of hydrogen-bond acceptors (Lipinski definition) is 7. The Kier molecular flexibility index (Phi) is 7.54. The third-order valence-electron chi connectivity index (χ3n) is 4.26. The number of hydrazine groups is 1. The zero-order valence-corrected chi connectivity index (χ0v) is 20.0. The summed E-state index contributed by atoms with van der Waals surface area (Å²) in [5, 5.41) is 10.0. The third kappa shape index (κ3) is 5.29. The molecular formula is C21H17BrN2O6S2. The molecule has 1 atom stereocenters. The summed E-state index contributed by atoms with van der Waals surface area (Å²) in [6.07, 6.45) is 0.538. The molecule has 2 aromatic rings. The van der Waals surface area contributed by atoms with E-state index in [2.05, 4.69) is 21.4 Å². The second-order valence-electron chi connectivity index (χ2n) is 6.45. The molecule has 0 radical (unpaired) electrons. The predicted octanol–water partition coefficient (Wildman–Crippen LogP) is 3.86. The molecule has 8 nitrogen and oxygen atoms in total. The minimum Gasteiger partial charge on any atom is -0.493 e. The van der Waals surface area contributed by atoms with Crippen LogP contribution in [0, 0.1) is 0 Å². The van der Waals surface area contributed by atoms with Crippen LogP contribution in [0.5, 0.6) is 11.5 Å². The second-order valence-corrected chi connectivity index (χ2v) is 8.98. The van der Waals surface area contributed by atoms with Crippen molar-refractivity contribution >= 4 is 68.1 Å². The van der Waals surface area contributed by atoms with Gasteiger partial charge in [-0.3, -0.25) is 15.0 Å². The second kappa shape index (κ2) is 10.2. The Morgan fingerprint density at radius 2 is 1.97 bits per heavy atom. The van der Waals surface area contributed by atoms with Gasteiger partial charge < -0.3 is 14.6 Å². The number of carboxylic acid groups (broad SMARTS) is 1. The number of carbonyl (C=O) groups is 3. The Bertz CT molecular complexity index is 1140. The molecule has 1 heterocycles. The number of ether oxygens (including phenoxy) is 2. The van der Waals surface area contributed by atoms with E-state index in [4.69, 9.17) is 26.8 Å². The van der Waals surface area contributed by atoms with Crippen molar-refractivity contribution in [3.05, 3.63) is 63.0 Å². The maximum absolute atomic E-state index is 12.8. The number of carbonyl (C=O) groups excluding carboxylic acids is 2. The van der Waals surface area contributed by atoms with Crippen molar-refractivity contribution in [3.63, 3.8) is 0 Å². The summed E-state index contributed by atoms with van der Waals surface area (Å²) in [4.78, 5) is 36.7. The van der Waals surface area contributed by atoms with Gasteiger partial charge in [0.25, 0.3) is 11.8 Å². The van der Waals surface area contributed by atoms with Crippen LogP contribution in [-0.2, 0) is 9.59 Å². The molecule has 0 aliphatic carbocycles. The van der Waals surface area contributed by atoms with Crippen LogP contribution >= 0.6 is 39.9 Å². The zero-order chi connectivity index (χ0) is 23.4. The quantitative estimate of drug-likeness (QED) is 0.406. The lowest BCUT2D eigenvalue weighted by Crippen LogP contribution is -2.44. The van der Waals surface area contributed by atoms with Crippen LogP contribution in [0.1, 0.15) is 22.8 Å². The van der Waals surface area contributed by atoms with E-state index in [0.717, 1.165) is 16.8 Å². The van der Waals surface area contributed by atoms with Crippen molar-refractivity contribution in [1.29, 1.82) is 0 Å². The summed E-state index contributed by atoms with van der Waals surface area (Å²) in [6.45, 7) is 1.41. The average molecular weight is 537 g/mol. The molecule has 2 N–H and O–H groups in total. The summed E-state index contributed by atoms with van der Waals surface area (Å²) in [5.74, 6) is -1.49. The average Bonchev–Trinajstić information content (AvgIpc) is 3.02. The molecular weight excluding hydrogens is 520 g/mol. The largest absolute Gasteiger partial charge is 0.493 e. The molecule has 0 saturated carbocycles. The monoisotopic (exact) mass is 536 g/mol. The van der Waals surface area contributed by atoms with Crippen molar-refractivity contribution in [2.75, 3.05) is 7.11 Å². The highest BCUT2D eigenvalue weighted by Gasteiger charge is 2.34. The molecule has 32 heavy (non-hydrogen) atoms. The molecule has 1 aliphatic rings. The molecule has 1 saturated heterocycles. The molecule has 0 aromatic heterocycles. The molecule has 11 heteroatoms. The van der Waals surface area contributed by atoms with Crippen molar-refractivity contribution in [2.24, 2.45) is 0 Å². The van der Waals surface area contributed by atoms with Crippen LogP contribution in [0.15, 0.2) is 51.8 Å². The fourth-order valence-corrected chi connectivity index (χ4v) is 4.28. The maximum atomic E-state index is 12.8. The van der Waals surface area contributed by atoms with Crippen molar-refractivity contribution in [1.82, 2.24) is 10.4 Å². The number of aliphatic carboxylic acids is 1. The number of rotatable bonds is 7. The van der Waals surface area contributed by atoms with Crippen LogP contribution in [0.2, 0.25) is 0 Å². The smallest absolute Gasteiger partial charge is 0.344 e. The van der Waals surface area contributed by atoms with E-state index in [1.165, 1.54) is 14.0 Å². The minimum absolute atomic E-state index is 0.184. The maximum Gasteiger partial charge on any atom is 0.344 e. The lowest BCUT2D eigenvalue weighted by atomic mass is 10.2. The Hall–Kier alpha value is -2.89. The fraction of sp³-hybridized carbons (Fsp3) is 0.143. The highest BCUT2D eigenvalue weighted by Crippen LogP contribution is 2.34. The molecule has 0 spiro atoms. The van der Waals surface area contributed by atoms with Gasteiger partial charge in [-0.15, -0.1) is 0 Å². The zero-order valence-electron chi connectivity index (χ0n) is 16.8. The predicted molar refractivity (Wildman–Crippen MR) is 127 cm³/mol. The SMILES string of the molecule is COc1cc(/C=C2/SC(=S)N(NC(=O)c3ccccc3Br)C2=O)ccc1OC(C)C(=O)O. The fourth-order valence-electron chi connectivity index (χ4n) is 2.63. The number of hydrogen-bond donors (Lipinski definition) is 2. The van der Waals surface area contributed by atoms with Gasteiger partial charge in [0, 0.05) is 4.47 Å². The van der Waals surface area contributed by atoms with Gasteiger partial charge in [0.1, 0.15) is 0 Å². The molecule has 2 aromatic carbocycles. The molecule has 1 fully saturated rings. The van der Waals surface area contributed by atoms with Crippen molar-refractivity contribution in [2.45, 2.75) is 13.0 Å². The number of carboxylic acids is 1. The van der Waals surface area contributed by atoms with Crippen LogP contribution in [0.3, 0.4) is 0 Å². The van der Waals surface area contributed by atoms with Crippen LogP contribution in [0.25, 0.3) is 6.08 Å². The molecule has 0 bridgehead atoms. The molecule has 1 unspecified atom stereocenters. The first kappa shape index (κ1) is 23.8. The lowest BCUT2D eigenvalue weighted by molar-refractivity contribution is -0.144. The van der Waals surface area contributed by atoms with E-state index < -0.39 is 23.9 Å². The summed E-state index contributed by atoms with van der Waals surface area (Å²) < 4.78 is 11.4. The first-order valence-corrected chi connectivity index (χ1v) is 11.1. The van der Waals surface area contributed by atoms with E-state index in [1.54, 1.807) is 48.5 Å². The summed E-state index contributed by atoms with van der Waals surface area (Å²) in [7, 11) is 1.42. The number of benzene rings is 2. The Morgan fingerprint density at radius 3 is 2.62 bits per heavy atom. The van der Waals surface area contributed by atoms with Gasteiger partial charge in [-0.25, -0.2) is 4.79 Å². The Labute approximate surface area is 201 Å². The lowest BCUT2D eigenvalue weighted by Gasteiger charge is -2.16. The number of nitrogens with zero attached hydrogens (tertiary/aromatic N) is 1. The number of thioether (sulfide) groups is 1. The van der Waals surface area contributed by atoms with Gasteiger partial charge in [-0.1, -0.05) is 30.0 Å². The van der Waals surface area contributed by atoms with Gasteiger partial charge in [-0.2, -0.15) is 5.01 Å². The first-order chi connectivity index (χ1) is 15.2. The van der Waals surface area contributed by atoms with Crippen LogP contribution in [0.4, 0.5) is 0 Å². The minimum atomic E-state index is -1.11. The molecule has 3 rings (SSSR count). The standard InChI is InChI=1S/C21H17BrN2O6S2/c1-11(20(27)28)30-15-8-7-12(9-16(15)29-2)10-17-19(26)24(21(31)32-17)23-18(25)13-5-3-4-6-14(13)22/h3-11H,1-2H3,(H,23,25)(H,27,28)/b17-10+. The Morgan fingerprint density at radius 1 is 1.25 bits per heavy atom. The molecule has 2 amide bonds. The topological polar surface area (TPSA) is 105 Å². The van der Waals surface area contributed by atoms with Crippen molar-refractivity contribution < 1.29 is 29.0 Å². The highest BCUT2D eigenvalue weighted by atomic mass is 79.9. The van der Waals surface area contributed by atoms with Crippen LogP contribution in [-0.4, -0.2) is 45.4 Å². The normalized spacial score (nSPS) is 15.6. The van der Waals surface area contributed by atoms with Gasteiger partial charge >= 0.3 is 5.97 Å². The van der Waals surface area contributed by atoms with E-state index in [9.17, 15) is 14.4 Å². The van der Waals surface area contributed by atoms with E-state index in [0.29, 0.717) is 26.3 Å². The van der Waals surface area contributed by atoms with E-state index in [1.807, 2.05) is 0 Å². The van der Waals surface area contributed by atoms with Gasteiger partial charge in [0.05, 0.1) is 17.6 Å². The number of methoxy groups -OCH3 is 1. The number of amides is 2. The summed E-state index contributed by atoms with van der Waals surface area (Å²) in [5.41, 5.74) is 3.50. The third-order valence-corrected chi connectivity index (χ3v) is 6.26. The Balaban J connectivity index is 1.79. The number of halogens is 1. The highest BCUT2D eigenvalue weighted by molar-refractivity contribution is 9.10. The molecule has 1 aliphatic heterocycles. The van der Waals surface area contributed by atoms with Crippen LogP contribution < -0.4 is 14.9 Å². The van der Waals surface area contributed by atoms with Gasteiger partial charge in [-0.05, 0) is 71.0 Å². The molecule has 166 valence electrons. The van der Waals surface area contributed by atoms with E-state index >= 15 is 0 Å². The van der Waals surface area contributed by atoms with Gasteiger partial charge in [0.15, 0.2) is 21.9 Å². The summed E-state index contributed by atoms with van der Waals surface area (Å²) in [6, 6.07) is 11.6. The van der Waals surface area contributed by atoms with E-state index in [-0.39, 0.29) is 10.1 Å².